The van der Waals surface area contributed by atoms with E-state index in [1.165, 1.54) is 31.0 Å². The van der Waals surface area contributed by atoms with E-state index in [0.717, 1.165) is 0 Å². The Hall–Kier alpha value is -1.90. The molecule has 0 unspecified atom stereocenters. The number of rotatable bonds is 7. The number of hydrogen-bond donors (Lipinski definition) is 2. The van der Waals surface area contributed by atoms with Crippen molar-refractivity contribution < 1.29 is 17.9 Å². The van der Waals surface area contributed by atoms with Crippen molar-refractivity contribution in [3.8, 4) is 5.75 Å². The highest BCUT2D eigenvalue weighted by atomic mass is 35.5. The van der Waals surface area contributed by atoms with Gasteiger partial charge in [0.1, 0.15) is 10.6 Å². The van der Waals surface area contributed by atoms with Crippen molar-refractivity contribution >= 4 is 50.7 Å². The summed E-state index contributed by atoms with van der Waals surface area (Å²) in [4.78, 5) is 11.6. The van der Waals surface area contributed by atoms with Gasteiger partial charge in [0.2, 0.25) is 5.91 Å². The predicted molar refractivity (Wildman–Crippen MR) is 102 cm³/mol. The molecule has 134 valence electrons. The predicted octanol–water partition coefficient (Wildman–Crippen LogP) is 3.45. The van der Waals surface area contributed by atoms with Crippen molar-refractivity contribution in [2.24, 2.45) is 0 Å². The van der Waals surface area contributed by atoms with Crippen LogP contribution in [-0.4, -0.2) is 33.4 Å². The van der Waals surface area contributed by atoms with E-state index in [1.807, 2.05) is 0 Å². The van der Waals surface area contributed by atoms with E-state index in [1.54, 1.807) is 36.6 Å². The lowest BCUT2D eigenvalue weighted by Crippen LogP contribution is -2.17. The summed E-state index contributed by atoms with van der Waals surface area (Å²) in [5.41, 5.74) is 0.613. The summed E-state index contributed by atoms with van der Waals surface area (Å²) in [5.74, 6) is 0.203. The minimum atomic E-state index is -3.97. The van der Waals surface area contributed by atoms with Gasteiger partial charge in [-0.2, -0.15) is 11.8 Å². The molecule has 0 fully saturated rings. The lowest BCUT2D eigenvalue weighted by molar-refractivity contribution is -0.113. The van der Waals surface area contributed by atoms with Crippen LogP contribution in [0.1, 0.15) is 0 Å². The number of carbonyl (C=O) groups excluding carboxylic acids is 1. The number of methoxy groups -OCH3 is 1. The van der Waals surface area contributed by atoms with E-state index < -0.39 is 10.0 Å². The molecule has 1 amide bonds. The third kappa shape index (κ3) is 5.04. The summed E-state index contributed by atoms with van der Waals surface area (Å²) in [6.07, 6.45) is 1.80. The van der Waals surface area contributed by atoms with Crippen LogP contribution in [0, 0.1) is 0 Å². The summed E-state index contributed by atoms with van der Waals surface area (Å²) >= 11 is 7.38. The van der Waals surface area contributed by atoms with Gasteiger partial charge in [0.15, 0.2) is 0 Å². The van der Waals surface area contributed by atoms with Crippen molar-refractivity contribution in [1.82, 2.24) is 0 Å². The van der Waals surface area contributed by atoms with Crippen LogP contribution in [0.5, 0.6) is 5.75 Å². The van der Waals surface area contributed by atoms with Crippen molar-refractivity contribution in [2.45, 2.75) is 4.90 Å². The van der Waals surface area contributed by atoms with Crippen LogP contribution in [0.3, 0.4) is 0 Å². The van der Waals surface area contributed by atoms with Gasteiger partial charge in [0.25, 0.3) is 10.0 Å². The number of sulfonamides is 1. The maximum absolute atomic E-state index is 12.7. The van der Waals surface area contributed by atoms with Gasteiger partial charge in [0, 0.05) is 5.69 Å². The van der Waals surface area contributed by atoms with Crippen molar-refractivity contribution in [2.75, 3.05) is 29.2 Å². The molecular formula is C16H17ClN2O4S2. The fraction of sp³-hybridized carbons (Fsp3) is 0.188. The molecule has 25 heavy (non-hydrogen) atoms. The molecular weight excluding hydrogens is 384 g/mol. The maximum Gasteiger partial charge on any atom is 0.265 e. The molecule has 9 heteroatoms. The van der Waals surface area contributed by atoms with Crippen LogP contribution in [0.15, 0.2) is 47.4 Å². The number of nitrogens with one attached hydrogen (secondary N) is 2. The maximum atomic E-state index is 12.7. The average molecular weight is 401 g/mol. The Morgan fingerprint density at radius 1 is 1.24 bits per heavy atom. The molecule has 0 heterocycles. The normalized spacial score (nSPS) is 11.0. The van der Waals surface area contributed by atoms with Gasteiger partial charge in [-0.3, -0.25) is 9.52 Å². The fourth-order valence-electron chi connectivity index (χ4n) is 2.04. The van der Waals surface area contributed by atoms with Crippen molar-refractivity contribution in [1.29, 1.82) is 0 Å². The van der Waals surface area contributed by atoms with Crippen LogP contribution >= 0.6 is 23.4 Å². The van der Waals surface area contributed by atoms with E-state index in [4.69, 9.17) is 16.3 Å². The first-order valence-corrected chi connectivity index (χ1v) is 10.4. The lowest BCUT2D eigenvalue weighted by atomic mass is 10.3. The Balaban J connectivity index is 2.37. The number of para-hydroxylation sites is 1. The third-order valence-corrected chi connectivity index (χ3v) is 5.40. The molecule has 2 rings (SSSR count). The number of anilines is 2. The first-order valence-electron chi connectivity index (χ1n) is 7.11. The largest absolute Gasteiger partial charge is 0.495 e. The van der Waals surface area contributed by atoms with Gasteiger partial charge < -0.3 is 10.1 Å². The Kier molecular flexibility index (Phi) is 6.57. The van der Waals surface area contributed by atoms with Crippen LogP contribution in [0.25, 0.3) is 0 Å². The molecule has 0 saturated carbocycles. The van der Waals surface area contributed by atoms with E-state index in [9.17, 15) is 13.2 Å². The molecule has 0 aliphatic heterocycles. The summed E-state index contributed by atoms with van der Waals surface area (Å²) < 4.78 is 33.0. The standard InChI is InChI=1S/C16H17ClN2O4S2/c1-23-14-8-7-11(18-16(20)10-24-2)9-15(14)25(21,22)19-13-6-4-3-5-12(13)17/h3-9,19H,10H2,1-2H3,(H,18,20). The number of ether oxygens (including phenoxy) is 1. The summed E-state index contributed by atoms with van der Waals surface area (Å²) in [7, 11) is -2.59. The molecule has 6 nitrogen and oxygen atoms in total. The van der Waals surface area contributed by atoms with Gasteiger partial charge >= 0.3 is 0 Å². The second kappa shape index (κ2) is 8.46. The Bertz CT molecular complexity index is 872. The molecule has 0 atom stereocenters. The molecule has 0 saturated heterocycles. The van der Waals surface area contributed by atoms with E-state index in [0.29, 0.717) is 5.69 Å². The van der Waals surface area contributed by atoms with Gasteiger partial charge in [-0.05, 0) is 36.6 Å². The summed E-state index contributed by atoms with van der Waals surface area (Å²) in [6.45, 7) is 0. The van der Waals surface area contributed by atoms with Crippen LogP contribution in [0.4, 0.5) is 11.4 Å². The second-order valence-corrected chi connectivity index (χ2v) is 7.86. The molecule has 0 bridgehead atoms. The molecule has 0 aromatic heterocycles. The van der Waals surface area contributed by atoms with E-state index in [-0.39, 0.29) is 33.0 Å². The van der Waals surface area contributed by atoms with Crippen LogP contribution in [-0.2, 0) is 14.8 Å². The van der Waals surface area contributed by atoms with Gasteiger partial charge in [-0.15, -0.1) is 0 Å². The minimum absolute atomic E-state index is 0.100. The van der Waals surface area contributed by atoms with Crippen molar-refractivity contribution in [3.63, 3.8) is 0 Å². The number of benzene rings is 2. The highest BCUT2D eigenvalue weighted by Gasteiger charge is 2.21. The van der Waals surface area contributed by atoms with Crippen LogP contribution in [0.2, 0.25) is 5.02 Å². The number of amides is 1. The Labute approximate surface area is 156 Å². The van der Waals surface area contributed by atoms with E-state index in [2.05, 4.69) is 10.0 Å². The summed E-state index contributed by atoms with van der Waals surface area (Å²) in [5, 5.41) is 2.92. The minimum Gasteiger partial charge on any atom is -0.495 e. The smallest absolute Gasteiger partial charge is 0.265 e. The molecule has 0 aliphatic rings. The number of hydrogen-bond acceptors (Lipinski definition) is 5. The molecule has 0 radical (unpaired) electrons. The highest BCUT2D eigenvalue weighted by Crippen LogP contribution is 2.30. The molecule has 0 aliphatic carbocycles. The second-order valence-electron chi connectivity index (χ2n) is 4.93. The highest BCUT2D eigenvalue weighted by molar-refractivity contribution is 7.99. The van der Waals surface area contributed by atoms with Crippen molar-refractivity contribution in [3.05, 3.63) is 47.5 Å². The lowest BCUT2D eigenvalue weighted by Gasteiger charge is -2.14. The fourth-order valence-corrected chi connectivity index (χ4v) is 3.89. The first kappa shape index (κ1) is 19.4. The zero-order valence-electron chi connectivity index (χ0n) is 13.6. The molecule has 2 N–H and O–H groups in total. The molecule has 2 aromatic rings. The van der Waals surface area contributed by atoms with Gasteiger partial charge in [-0.25, -0.2) is 8.42 Å². The SMILES string of the molecule is COc1ccc(NC(=O)CSC)cc1S(=O)(=O)Nc1ccccc1Cl. The Morgan fingerprint density at radius 3 is 2.60 bits per heavy atom. The monoisotopic (exact) mass is 400 g/mol. The van der Waals surface area contributed by atoms with E-state index >= 15 is 0 Å². The topological polar surface area (TPSA) is 84.5 Å². The van der Waals surface area contributed by atoms with Crippen LogP contribution < -0.4 is 14.8 Å². The average Bonchev–Trinajstić information content (AvgIpc) is 2.57. The quantitative estimate of drug-likeness (QED) is 0.743. The zero-order valence-corrected chi connectivity index (χ0v) is 16.0. The van der Waals surface area contributed by atoms with Gasteiger partial charge in [-0.1, -0.05) is 23.7 Å². The number of carbonyl (C=O) groups is 1. The Morgan fingerprint density at radius 2 is 1.96 bits per heavy atom. The summed E-state index contributed by atoms with van der Waals surface area (Å²) in [6, 6.07) is 10.9. The van der Waals surface area contributed by atoms with Gasteiger partial charge in [0.05, 0.1) is 23.6 Å². The third-order valence-electron chi connectivity index (χ3n) is 3.13. The molecule has 2 aromatic carbocycles. The zero-order chi connectivity index (χ0) is 18.4. The number of halogens is 1. The molecule has 0 spiro atoms. The number of thioether (sulfide) groups is 1. The first-order chi connectivity index (χ1) is 11.9.